The molecular formula is C56H46BN2OS. The second kappa shape index (κ2) is 14.0. The van der Waals surface area contributed by atoms with Gasteiger partial charge in [-0.25, -0.2) is 0 Å². The number of hydrogen-bond donors (Lipinski definition) is 1. The molecule has 0 bridgehead atoms. The van der Waals surface area contributed by atoms with Crippen molar-refractivity contribution in [2.24, 2.45) is 0 Å². The summed E-state index contributed by atoms with van der Waals surface area (Å²) in [6, 6.07) is 60.1. The van der Waals surface area contributed by atoms with E-state index in [0.717, 1.165) is 56.1 Å². The fraction of sp³-hybridized carbons (Fsp3) is 0.143. The first-order valence-electron chi connectivity index (χ1n) is 21.3. The van der Waals surface area contributed by atoms with E-state index < -0.39 is 0 Å². The van der Waals surface area contributed by atoms with Gasteiger partial charge in [-0.15, -0.1) is 11.3 Å². The monoisotopic (exact) mass is 805 g/mol. The van der Waals surface area contributed by atoms with Crippen molar-refractivity contribution >= 4 is 100 Å². The summed E-state index contributed by atoms with van der Waals surface area (Å²) in [5.74, 6) is 0. The van der Waals surface area contributed by atoms with E-state index in [1.807, 2.05) is 11.3 Å². The van der Waals surface area contributed by atoms with Crippen molar-refractivity contribution in [3.63, 3.8) is 0 Å². The van der Waals surface area contributed by atoms with Gasteiger partial charge in [-0.2, -0.15) is 0 Å². The summed E-state index contributed by atoms with van der Waals surface area (Å²) >= 11 is 1.85. The SMILES string of the molecule is CC(C)(C)c1ccc(Nc2c(-c3c4c(cc5ccccc35)N(c3ccc(C(C)(C)C)cc3-c3ccccc3)c3c(oc5ccccc35)[B]4)ccc3sc4ccccc4c23)cc1. The molecule has 1 radical (unpaired) electrons. The number of furan rings is 1. The summed E-state index contributed by atoms with van der Waals surface area (Å²) in [6.07, 6.45) is 0. The zero-order valence-electron chi connectivity index (χ0n) is 35.4. The average molecular weight is 806 g/mol. The number of benzene rings is 8. The molecule has 1 N–H and O–H groups in total. The fourth-order valence-electron chi connectivity index (χ4n) is 9.25. The van der Waals surface area contributed by atoms with Crippen LogP contribution >= 0.6 is 11.3 Å². The first-order valence-corrected chi connectivity index (χ1v) is 22.1. The van der Waals surface area contributed by atoms with E-state index in [2.05, 4.69) is 223 Å². The molecule has 5 heteroatoms. The Bertz CT molecular complexity index is 3330. The molecule has 0 saturated carbocycles. The van der Waals surface area contributed by atoms with Crippen LogP contribution in [-0.2, 0) is 10.8 Å². The lowest BCUT2D eigenvalue weighted by Gasteiger charge is -2.35. The molecule has 295 valence electrons. The number of thiophene rings is 1. The largest absolute Gasteiger partial charge is 0.469 e. The standard InChI is InChI=1S/C56H46BN2OS/c1-55(2,3)36-24-27-38(28-25-36)58-52-42(29-31-48-50(52)41-21-13-15-23-47(41)61-48)49-39-19-11-10-18-35(39)32-45-51(49)57-54-53(40-20-12-14-22-46(40)60-54)59(45)44-30-26-37(56(4,5)6)33-43(44)34-16-8-7-9-17-34/h7-33,58H,1-6H3. The Morgan fingerprint density at radius 3 is 2.00 bits per heavy atom. The maximum Gasteiger partial charge on any atom is 0.247 e. The smallest absolute Gasteiger partial charge is 0.247 e. The predicted octanol–water partition coefficient (Wildman–Crippen LogP) is 15.1. The van der Waals surface area contributed by atoms with E-state index in [1.54, 1.807) is 0 Å². The normalized spacial score (nSPS) is 12.9. The van der Waals surface area contributed by atoms with Crippen molar-refractivity contribution in [3.05, 3.63) is 175 Å². The number of rotatable bonds is 5. The minimum Gasteiger partial charge on any atom is -0.469 e. The van der Waals surface area contributed by atoms with Crippen molar-refractivity contribution in [1.29, 1.82) is 0 Å². The van der Waals surface area contributed by atoms with Crippen LogP contribution in [-0.4, -0.2) is 7.28 Å². The number of hydrogen-bond acceptors (Lipinski definition) is 4. The van der Waals surface area contributed by atoms with Crippen LogP contribution in [0.15, 0.2) is 168 Å². The van der Waals surface area contributed by atoms with E-state index in [1.165, 1.54) is 58.8 Å². The van der Waals surface area contributed by atoms with Crippen molar-refractivity contribution in [3.8, 4) is 22.3 Å². The van der Waals surface area contributed by atoms with Crippen LogP contribution in [0, 0.1) is 0 Å². The topological polar surface area (TPSA) is 28.4 Å². The molecule has 0 amide bonds. The van der Waals surface area contributed by atoms with Gasteiger partial charge in [-0.3, -0.25) is 0 Å². The third kappa shape index (κ3) is 6.25. The van der Waals surface area contributed by atoms with Gasteiger partial charge in [0.2, 0.25) is 7.28 Å². The van der Waals surface area contributed by atoms with Gasteiger partial charge in [0.1, 0.15) is 5.58 Å². The van der Waals surface area contributed by atoms with E-state index >= 15 is 0 Å². The Kier molecular flexibility index (Phi) is 8.60. The molecule has 0 atom stereocenters. The van der Waals surface area contributed by atoms with Crippen LogP contribution in [0.1, 0.15) is 52.7 Å². The Balaban J connectivity index is 1.23. The van der Waals surface area contributed by atoms with Crippen molar-refractivity contribution in [1.82, 2.24) is 0 Å². The lowest BCUT2D eigenvalue weighted by atomic mass is 9.60. The van der Waals surface area contributed by atoms with E-state index in [9.17, 15) is 0 Å². The van der Waals surface area contributed by atoms with Gasteiger partial charge in [0.25, 0.3) is 0 Å². The second-order valence-electron chi connectivity index (χ2n) is 18.5. The molecular weight excluding hydrogens is 760 g/mol. The zero-order valence-corrected chi connectivity index (χ0v) is 36.2. The van der Waals surface area contributed by atoms with Gasteiger partial charge < -0.3 is 14.6 Å². The Labute approximate surface area is 362 Å². The molecule has 61 heavy (non-hydrogen) atoms. The summed E-state index contributed by atoms with van der Waals surface area (Å²) in [4.78, 5) is 2.48. The van der Waals surface area contributed by atoms with Gasteiger partial charge in [-0.1, -0.05) is 151 Å². The molecule has 2 aromatic heterocycles. The van der Waals surface area contributed by atoms with Crippen molar-refractivity contribution in [2.75, 3.05) is 10.2 Å². The lowest BCUT2D eigenvalue weighted by Crippen LogP contribution is -2.40. The maximum atomic E-state index is 6.89. The van der Waals surface area contributed by atoms with E-state index in [0.29, 0.717) is 0 Å². The summed E-state index contributed by atoms with van der Waals surface area (Å²) in [7, 11) is 2.30. The molecule has 0 fully saturated rings. The minimum atomic E-state index is -0.0343. The highest BCUT2D eigenvalue weighted by Crippen LogP contribution is 2.50. The van der Waals surface area contributed by atoms with Crippen LogP contribution in [0.5, 0.6) is 0 Å². The Morgan fingerprint density at radius 1 is 0.557 bits per heavy atom. The second-order valence-corrected chi connectivity index (χ2v) is 19.5. The van der Waals surface area contributed by atoms with Crippen LogP contribution in [0.3, 0.4) is 0 Å². The van der Waals surface area contributed by atoms with Crippen LogP contribution < -0.4 is 21.3 Å². The van der Waals surface area contributed by atoms with E-state index in [-0.39, 0.29) is 10.8 Å². The summed E-state index contributed by atoms with van der Waals surface area (Å²) < 4.78 is 9.42. The van der Waals surface area contributed by atoms with Gasteiger partial charge >= 0.3 is 0 Å². The lowest BCUT2D eigenvalue weighted by molar-refractivity contribution is 0.590. The van der Waals surface area contributed by atoms with Crippen LogP contribution in [0.2, 0.25) is 0 Å². The molecule has 8 aromatic carbocycles. The van der Waals surface area contributed by atoms with E-state index in [4.69, 9.17) is 4.42 Å². The number of nitrogens with zero attached hydrogens (tertiary/aromatic N) is 1. The molecule has 0 saturated heterocycles. The zero-order chi connectivity index (χ0) is 41.6. The molecule has 0 spiro atoms. The molecule has 11 rings (SSSR count). The molecule has 3 heterocycles. The highest BCUT2D eigenvalue weighted by Gasteiger charge is 2.35. The number of nitrogens with one attached hydrogen (secondary N) is 1. The average Bonchev–Trinajstić information content (AvgIpc) is 3.83. The Hall–Kier alpha value is -6.56. The maximum absolute atomic E-state index is 6.89. The van der Waals surface area contributed by atoms with Gasteiger partial charge in [0.15, 0.2) is 0 Å². The van der Waals surface area contributed by atoms with Crippen molar-refractivity contribution < 1.29 is 4.42 Å². The van der Waals surface area contributed by atoms with Crippen LogP contribution in [0.25, 0.3) is 64.2 Å². The quantitative estimate of drug-likeness (QED) is 0.176. The predicted molar refractivity (Wildman–Crippen MR) is 264 cm³/mol. The highest BCUT2D eigenvalue weighted by molar-refractivity contribution is 7.26. The Morgan fingerprint density at radius 2 is 1.23 bits per heavy atom. The molecule has 0 unspecified atom stereocenters. The fourth-order valence-corrected chi connectivity index (χ4v) is 10.4. The number of fused-ring (bicyclic) bond motifs is 8. The third-order valence-electron chi connectivity index (χ3n) is 12.4. The molecule has 0 aliphatic carbocycles. The molecule has 10 aromatic rings. The molecule has 3 nitrogen and oxygen atoms in total. The highest BCUT2D eigenvalue weighted by atomic mass is 32.1. The van der Waals surface area contributed by atoms with Crippen molar-refractivity contribution in [2.45, 2.75) is 52.4 Å². The van der Waals surface area contributed by atoms with Gasteiger partial charge in [-0.05, 0) is 104 Å². The van der Waals surface area contributed by atoms with Gasteiger partial charge in [0, 0.05) is 48.1 Å². The first kappa shape index (κ1) is 37.4. The summed E-state index contributed by atoms with van der Waals surface area (Å²) in [6.45, 7) is 13.7. The third-order valence-corrected chi connectivity index (χ3v) is 13.6. The molecule has 1 aliphatic rings. The molecule has 1 aliphatic heterocycles. The van der Waals surface area contributed by atoms with Crippen LogP contribution in [0.4, 0.5) is 28.4 Å². The van der Waals surface area contributed by atoms with Gasteiger partial charge in [0.05, 0.1) is 22.7 Å². The number of para-hydroxylation sites is 1. The number of anilines is 5. The summed E-state index contributed by atoms with van der Waals surface area (Å²) in [5.41, 5.74) is 15.6. The first-order chi connectivity index (χ1) is 29.5. The minimum absolute atomic E-state index is 0.0343. The summed E-state index contributed by atoms with van der Waals surface area (Å²) in [5, 5.41) is 9.97.